The summed E-state index contributed by atoms with van der Waals surface area (Å²) in [7, 11) is 1.88. The monoisotopic (exact) mass is 319 g/mol. The van der Waals surface area contributed by atoms with Crippen LogP contribution in [0.3, 0.4) is 0 Å². The van der Waals surface area contributed by atoms with E-state index in [-0.39, 0.29) is 11.8 Å². The predicted molar refractivity (Wildman–Crippen MR) is 92.7 cm³/mol. The zero-order valence-electron chi connectivity index (χ0n) is 15.0. The highest BCUT2D eigenvalue weighted by atomic mass is 16.2. The third-order valence-corrected chi connectivity index (χ3v) is 4.22. The maximum absolute atomic E-state index is 12.4. The van der Waals surface area contributed by atoms with Gasteiger partial charge in [-0.2, -0.15) is 0 Å². The third kappa shape index (κ3) is 4.41. The van der Waals surface area contributed by atoms with Gasteiger partial charge >= 0.3 is 0 Å². The van der Waals surface area contributed by atoms with Gasteiger partial charge in [0, 0.05) is 56.3 Å². The van der Waals surface area contributed by atoms with Gasteiger partial charge < -0.3 is 15.1 Å². The lowest BCUT2D eigenvalue weighted by molar-refractivity contribution is -0.135. The zero-order chi connectivity index (χ0) is 17.0. The molecule has 6 heteroatoms. The first-order valence-electron chi connectivity index (χ1n) is 8.46. The predicted octanol–water partition coefficient (Wildman–Crippen LogP) is 1.41. The van der Waals surface area contributed by atoms with Crippen molar-refractivity contribution in [2.45, 2.75) is 33.6 Å². The van der Waals surface area contributed by atoms with Crippen LogP contribution in [0.2, 0.25) is 0 Å². The molecule has 0 aromatic carbocycles. The van der Waals surface area contributed by atoms with E-state index in [0.29, 0.717) is 5.92 Å². The summed E-state index contributed by atoms with van der Waals surface area (Å²) in [6, 6.07) is 2.03. The van der Waals surface area contributed by atoms with Gasteiger partial charge in [-0.05, 0) is 14.0 Å². The van der Waals surface area contributed by atoms with Crippen molar-refractivity contribution >= 4 is 11.7 Å². The maximum Gasteiger partial charge on any atom is 0.226 e. The van der Waals surface area contributed by atoms with Gasteiger partial charge in [0.05, 0.1) is 0 Å². The van der Waals surface area contributed by atoms with E-state index in [0.717, 1.165) is 50.1 Å². The highest BCUT2D eigenvalue weighted by Gasteiger charge is 2.25. The van der Waals surface area contributed by atoms with Crippen molar-refractivity contribution in [3.63, 3.8) is 0 Å². The molecule has 0 aliphatic carbocycles. The van der Waals surface area contributed by atoms with Crippen molar-refractivity contribution < 1.29 is 4.79 Å². The molecule has 1 saturated heterocycles. The minimum Gasteiger partial charge on any atom is -0.353 e. The number of nitrogens with one attached hydrogen (secondary N) is 1. The summed E-state index contributed by atoms with van der Waals surface area (Å²) in [6.45, 7) is 12.1. The Balaban J connectivity index is 2.00. The lowest BCUT2D eigenvalue weighted by Crippen LogP contribution is -2.51. The largest absolute Gasteiger partial charge is 0.353 e. The smallest absolute Gasteiger partial charge is 0.226 e. The molecule has 6 nitrogen and oxygen atoms in total. The summed E-state index contributed by atoms with van der Waals surface area (Å²) < 4.78 is 0. The van der Waals surface area contributed by atoms with Crippen LogP contribution in [-0.2, 0) is 4.79 Å². The van der Waals surface area contributed by atoms with E-state index < -0.39 is 0 Å². The molecule has 23 heavy (non-hydrogen) atoms. The summed E-state index contributed by atoms with van der Waals surface area (Å²) in [5, 5.41) is 3.07. The van der Waals surface area contributed by atoms with Crippen molar-refractivity contribution in [2.24, 2.45) is 5.92 Å². The van der Waals surface area contributed by atoms with Gasteiger partial charge in [0.15, 0.2) is 0 Å². The number of hydrogen-bond acceptors (Lipinski definition) is 5. The number of amides is 1. The number of carbonyl (C=O) groups is 1. The molecule has 1 N–H and O–H groups in total. The molecule has 1 fully saturated rings. The van der Waals surface area contributed by atoms with Gasteiger partial charge in [-0.1, -0.05) is 20.8 Å². The minimum atomic E-state index is 0.0281. The zero-order valence-corrected chi connectivity index (χ0v) is 15.0. The minimum absolute atomic E-state index is 0.0281. The standard InChI is InChI=1S/C17H29N5O/c1-12(2)16-19-14(4)10-15(20-16)21-6-8-22(9-7-21)17(23)13(3)11-18-5/h10,12-13,18H,6-9,11H2,1-5H3. The molecule has 1 unspecified atom stereocenters. The van der Waals surface area contributed by atoms with Crippen molar-refractivity contribution in [3.8, 4) is 0 Å². The first-order valence-corrected chi connectivity index (χ1v) is 8.46. The normalized spacial score (nSPS) is 16.8. The van der Waals surface area contributed by atoms with Crippen LogP contribution in [0.15, 0.2) is 6.07 Å². The summed E-state index contributed by atoms with van der Waals surface area (Å²) >= 11 is 0. The molecule has 0 saturated carbocycles. The van der Waals surface area contributed by atoms with E-state index in [1.54, 1.807) is 0 Å². The Morgan fingerprint density at radius 2 is 1.87 bits per heavy atom. The van der Waals surface area contributed by atoms with Crippen LogP contribution in [0.25, 0.3) is 0 Å². The fourth-order valence-electron chi connectivity index (χ4n) is 2.86. The fraction of sp³-hybridized carbons (Fsp3) is 0.706. The van der Waals surface area contributed by atoms with Gasteiger partial charge in [0.25, 0.3) is 0 Å². The van der Waals surface area contributed by atoms with Crippen LogP contribution in [0.4, 0.5) is 5.82 Å². The number of piperazine rings is 1. The Labute approximate surface area is 139 Å². The van der Waals surface area contributed by atoms with Gasteiger partial charge in [-0.3, -0.25) is 4.79 Å². The fourth-order valence-corrected chi connectivity index (χ4v) is 2.86. The van der Waals surface area contributed by atoms with E-state index in [2.05, 4.69) is 29.0 Å². The molecule has 1 aromatic heterocycles. The molecule has 128 valence electrons. The van der Waals surface area contributed by atoms with Crippen molar-refractivity contribution in [1.82, 2.24) is 20.2 Å². The number of carbonyl (C=O) groups excluding carboxylic acids is 1. The van der Waals surface area contributed by atoms with Crippen LogP contribution < -0.4 is 10.2 Å². The first-order chi connectivity index (χ1) is 10.9. The van der Waals surface area contributed by atoms with Crippen LogP contribution in [0.1, 0.15) is 38.2 Å². The Kier molecular flexibility index (Phi) is 5.93. The summed E-state index contributed by atoms with van der Waals surface area (Å²) in [5.74, 6) is 2.46. The average molecular weight is 319 g/mol. The Bertz CT molecular complexity index is 538. The second-order valence-corrected chi connectivity index (χ2v) is 6.65. The third-order valence-electron chi connectivity index (χ3n) is 4.22. The molecule has 0 spiro atoms. The topological polar surface area (TPSA) is 61.4 Å². The number of nitrogens with zero attached hydrogens (tertiary/aromatic N) is 4. The van der Waals surface area contributed by atoms with Crippen molar-refractivity contribution in [3.05, 3.63) is 17.6 Å². The van der Waals surface area contributed by atoms with Crippen LogP contribution in [-0.4, -0.2) is 60.5 Å². The van der Waals surface area contributed by atoms with Crippen molar-refractivity contribution in [1.29, 1.82) is 0 Å². The highest BCUT2D eigenvalue weighted by Crippen LogP contribution is 2.19. The highest BCUT2D eigenvalue weighted by molar-refractivity contribution is 5.79. The SMILES string of the molecule is CNCC(C)C(=O)N1CCN(c2cc(C)nc(C(C)C)n2)CC1. The van der Waals surface area contributed by atoms with Gasteiger partial charge in [0.2, 0.25) is 5.91 Å². The maximum atomic E-state index is 12.4. The summed E-state index contributed by atoms with van der Waals surface area (Å²) in [6.07, 6.45) is 0. The van der Waals surface area contributed by atoms with Crippen LogP contribution in [0, 0.1) is 12.8 Å². The van der Waals surface area contributed by atoms with Crippen LogP contribution in [0.5, 0.6) is 0 Å². The second-order valence-electron chi connectivity index (χ2n) is 6.65. The first kappa shape index (κ1) is 17.7. The number of anilines is 1. The average Bonchev–Trinajstić information content (AvgIpc) is 2.54. The van der Waals surface area contributed by atoms with E-state index in [1.807, 2.05) is 31.9 Å². The number of aryl methyl sites for hydroxylation is 1. The Morgan fingerprint density at radius 3 is 2.43 bits per heavy atom. The number of aromatic nitrogens is 2. The number of rotatable bonds is 5. The van der Waals surface area contributed by atoms with Crippen LogP contribution >= 0.6 is 0 Å². The van der Waals surface area contributed by atoms with Gasteiger partial charge in [-0.15, -0.1) is 0 Å². The quantitative estimate of drug-likeness (QED) is 0.889. The summed E-state index contributed by atoms with van der Waals surface area (Å²) in [4.78, 5) is 25.8. The second kappa shape index (κ2) is 7.73. The van der Waals surface area contributed by atoms with E-state index in [9.17, 15) is 4.79 Å². The van der Waals surface area contributed by atoms with Gasteiger partial charge in [0.1, 0.15) is 11.6 Å². The molecular weight excluding hydrogens is 290 g/mol. The lowest BCUT2D eigenvalue weighted by atomic mass is 10.1. The van der Waals surface area contributed by atoms with Gasteiger partial charge in [-0.25, -0.2) is 9.97 Å². The summed E-state index contributed by atoms with van der Waals surface area (Å²) in [5.41, 5.74) is 1.000. The van der Waals surface area contributed by atoms with Crippen molar-refractivity contribution in [2.75, 3.05) is 44.7 Å². The molecule has 1 amide bonds. The Hall–Kier alpha value is -1.69. The molecule has 1 atom stereocenters. The molecule has 0 radical (unpaired) electrons. The molecule has 2 heterocycles. The molecule has 1 aliphatic heterocycles. The van der Waals surface area contributed by atoms with E-state index >= 15 is 0 Å². The van der Waals surface area contributed by atoms with E-state index in [4.69, 9.17) is 4.98 Å². The number of hydrogen-bond donors (Lipinski definition) is 1. The molecular formula is C17H29N5O. The Morgan fingerprint density at radius 1 is 1.22 bits per heavy atom. The molecule has 2 rings (SSSR count). The molecule has 1 aromatic rings. The van der Waals surface area contributed by atoms with E-state index in [1.165, 1.54) is 0 Å². The molecule has 0 bridgehead atoms. The molecule has 1 aliphatic rings. The lowest BCUT2D eigenvalue weighted by Gasteiger charge is -2.36.